The van der Waals surface area contributed by atoms with Crippen molar-refractivity contribution in [2.75, 3.05) is 26.2 Å². The summed E-state index contributed by atoms with van der Waals surface area (Å²) in [5.74, 6) is 0.971. The Bertz CT molecular complexity index is 574. The number of nitrogens with zero attached hydrogens (tertiary/aromatic N) is 1. The van der Waals surface area contributed by atoms with Crippen molar-refractivity contribution < 1.29 is 9.59 Å². The Hall–Kier alpha value is -1.34. The van der Waals surface area contributed by atoms with Crippen molar-refractivity contribution in [1.29, 1.82) is 0 Å². The third-order valence-electron chi connectivity index (χ3n) is 4.49. The van der Waals surface area contributed by atoms with Crippen LogP contribution >= 0.6 is 24.8 Å². The zero-order chi connectivity index (χ0) is 18.2. The number of halogens is 2. The molecular weight excluding hydrogens is 387 g/mol. The second kappa shape index (κ2) is 12.9. The van der Waals surface area contributed by atoms with Crippen LogP contribution in [0.3, 0.4) is 0 Å². The highest BCUT2D eigenvalue weighted by Gasteiger charge is 2.21. The molecule has 1 aromatic rings. The zero-order valence-electron chi connectivity index (χ0n) is 16.1. The van der Waals surface area contributed by atoms with E-state index in [4.69, 9.17) is 5.73 Å². The van der Waals surface area contributed by atoms with E-state index >= 15 is 0 Å². The molecule has 6 nitrogen and oxygen atoms in total. The van der Waals surface area contributed by atoms with Crippen molar-refractivity contribution >= 4 is 36.6 Å². The molecule has 2 unspecified atom stereocenters. The molecule has 0 aromatic heterocycles. The van der Waals surface area contributed by atoms with Crippen molar-refractivity contribution in [3.05, 3.63) is 35.4 Å². The first-order valence-corrected chi connectivity index (χ1v) is 9.00. The Morgan fingerprint density at radius 2 is 1.56 bits per heavy atom. The lowest BCUT2D eigenvalue weighted by Gasteiger charge is -2.35. The fraction of sp³-hybridized carbons (Fsp3) is 0.579. The molecule has 0 bridgehead atoms. The van der Waals surface area contributed by atoms with Crippen LogP contribution in [0.4, 0.5) is 0 Å². The molecule has 0 radical (unpaired) electrons. The van der Waals surface area contributed by atoms with E-state index in [1.165, 1.54) is 12.0 Å². The summed E-state index contributed by atoms with van der Waals surface area (Å²) < 4.78 is 0. The third-order valence-corrected chi connectivity index (χ3v) is 4.49. The first-order chi connectivity index (χ1) is 12.0. The number of piperidine rings is 1. The van der Waals surface area contributed by atoms with Gasteiger partial charge in [-0.3, -0.25) is 14.5 Å². The minimum atomic E-state index is -0.333. The predicted molar refractivity (Wildman–Crippen MR) is 113 cm³/mol. The molecule has 2 atom stereocenters. The summed E-state index contributed by atoms with van der Waals surface area (Å²) in [4.78, 5) is 25.2. The highest BCUT2D eigenvalue weighted by molar-refractivity contribution is 5.86. The van der Waals surface area contributed by atoms with Crippen molar-refractivity contribution in [2.24, 2.45) is 17.6 Å². The van der Waals surface area contributed by atoms with Crippen LogP contribution in [0.25, 0.3) is 0 Å². The normalized spacial score (nSPS) is 19.4. The number of hydrogen-bond donors (Lipinski definition) is 3. The summed E-state index contributed by atoms with van der Waals surface area (Å²) in [5.41, 5.74) is 7.51. The van der Waals surface area contributed by atoms with E-state index in [2.05, 4.69) is 41.5 Å². The molecule has 0 spiro atoms. The van der Waals surface area contributed by atoms with Crippen LogP contribution in [0.2, 0.25) is 0 Å². The highest BCUT2D eigenvalue weighted by atomic mass is 35.5. The van der Waals surface area contributed by atoms with Gasteiger partial charge < -0.3 is 16.4 Å². The van der Waals surface area contributed by atoms with Gasteiger partial charge in [0.05, 0.1) is 13.1 Å². The molecule has 2 amide bonds. The van der Waals surface area contributed by atoms with Crippen LogP contribution < -0.4 is 16.4 Å². The molecule has 1 heterocycles. The van der Waals surface area contributed by atoms with Crippen LogP contribution in [-0.4, -0.2) is 42.9 Å². The van der Waals surface area contributed by atoms with E-state index in [0.29, 0.717) is 6.54 Å². The zero-order valence-corrected chi connectivity index (χ0v) is 17.7. The largest absolute Gasteiger partial charge is 0.350 e. The Kier molecular flexibility index (Phi) is 12.3. The summed E-state index contributed by atoms with van der Waals surface area (Å²) in [6, 6.07) is 8.35. The molecule has 1 aliphatic rings. The maximum absolute atomic E-state index is 11.7. The summed E-state index contributed by atoms with van der Waals surface area (Å²) >= 11 is 0. The van der Waals surface area contributed by atoms with Gasteiger partial charge in [0.15, 0.2) is 0 Å². The summed E-state index contributed by atoms with van der Waals surface area (Å²) in [6.45, 7) is 8.26. The van der Waals surface area contributed by atoms with Gasteiger partial charge >= 0.3 is 0 Å². The first-order valence-electron chi connectivity index (χ1n) is 9.00. The van der Waals surface area contributed by atoms with E-state index in [9.17, 15) is 9.59 Å². The lowest BCUT2D eigenvalue weighted by molar-refractivity contribution is -0.125. The van der Waals surface area contributed by atoms with Crippen molar-refractivity contribution in [3.63, 3.8) is 0 Å². The number of nitrogens with one attached hydrogen (secondary N) is 2. The van der Waals surface area contributed by atoms with E-state index in [-0.39, 0.29) is 49.7 Å². The fourth-order valence-corrected chi connectivity index (χ4v) is 3.46. The van der Waals surface area contributed by atoms with Crippen LogP contribution in [0.5, 0.6) is 0 Å². The van der Waals surface area contributed by atoms with Gasteiger partial charge in [-0.25, -0.2) is 0 Å². The minimum absolute atomic E-state index is 0. The highest BCUT2D eigenvalue weighted by Crippen LogP contribution is 2.22. The van der Waals surface area contributed by atoms with Crippen molar-refractivity contribution in [1.82, 2.24) is 15.5 Å². The standard InChI is InChI=1S/C19H30N4O2.2ClH/c1-14-7-15(2)12-23(11-14)13-17-5-3-16(4-6-17)9-21-19(25)10-22-18(24)8-20;;/h3-6,14-15H,7-13,20H2,1-2H3,(H,21,25)(H,22,24);2*1H. The fourth-order valence-electron chi connectivity index (χ4n) is 3.46. The molecule has 1 aliphatic heterocycles. The molecule has 27 heavy (non-hydrogen) atoms. The number of hydrogen-bond acceptors (Lipinski definition) is 4. The lowest BCUT2D eigenvalue weighted by atomic mass is 9.91. The Morgan fingerprint density at radius 3 is 2.11 bits per heavy atom. The van der Waals surface area contributed by atoms with Crippen LogP contribution in [-0.2, 0) is 22.7 Å². The van der Waals surface area contributed by atoms with Gasteiger partial charge in [0, 0.05) is 26.2 Å². The Labute approximate surface area is 174 Å². The molecular formula is C19H32Cl2N4O2. The predicted octanol–water partition coefficient (Wildman–Crippen LogP) is 1.70. The maximum atomic E-state index is 11.7. The SMILES string of the molecule is CC1CC(C)CN(Cc2ccc(CNC(=O)CNC(=O)CN)cc2)C1.Cl.Cl. The maximum Gasteiger partial charge on any atom is 0.239 e. The van der Waals surface area contributed by atoms with Gasteiger partial charge in [-0.05, 0) is 29.4 Å². The number of carbonyl (C=O) groups excluding carboxylic acids is 2. The molecule has 0 aliphatic carbocycles. The molecule has 0 saturated carbocycles. The van der Waals surface area contributed by atoms with Crippen molar-refractivity contribution in [2.45, 2.75) is 33.4 Å². The van der Waals surface area contributed by atoms with Gasteiger partial charge in [-0.1, -0.05) is 38.1 Å². The molecule has 1 aromatic carbocycles. The van der Waals surface area contributed by atoms with Gasteiger partial charge in [0.2, 0.25) is 11.8 Å². The number of amides is 2. The number of nitrogens with two attached hydrogens (primary N) is 1. The molecule has 2 rings (SSSR count). The van der Waals surface area contributed by atoms with E-state index in [1.807, 2.05) is 12.1 Å². The average molecular weight is 419 g/mol. The van der Waals surface area contributed by atoms with Gasteiger partial charge in [0.1, 0.15) is 0 Å². The number of likely N-dealkylation sites (tertiary alicyclic amines) is 1. The van der Waals surface area contributed by atoms with E-state index in [0.717, 1.165) is 37.0 Å². The first kappa shape index (κ1) is 25.7. The van der Waals surface area contributed by atoms with Crippen LogP contribution in [0.1, 0.15) is 31.4 Å². The second-order valence-corrected chi connectivity index (χ2v) is 7.21. The Morgan fingerprint density at radius 1 is 1.00 bits per heavy atom. The molecule has 154 valence electrons. The van der Waals surface area contributed by atoms with Crippen molar-refractivity contribution in [3.8, 4) is 0 Å². The molecule has 4 N–H and O–H groups in total. The van der Waals surface area contributed by atoms with Crippen LogP contribution in [0.15, 0.2) is 24.3 Å². The van der Waals surface area contributed by atoms with Gasteiger partial charge in [0.25, 0.3) is 0 Å². The van der Waals surface area contributed by atoms with E-state index < -0.39 is 0 Å². The number of carbonyl (C=O) groups is 2. The average Bonchev–Trinajstić information content (AvgIpc) is 2.58. The van der Waals surface area contributed by atoms with Gasteiger partial charge in [-0.15, -0.1) is 24.8 Å². The minimum Gasteiger partial charge on any atom is -0.350 e. The Balaban J connectivity index is 0.00000338. The lowest BCUT2D eigenvalue weighted by Crippen LogP contribution is -2.39. The summed E-state index contributed by atoms with van der Waals surface area (Å²) in [7, 11) is 0. The smallest absolute Gasteiger partial charge is 0.239 e. The molecule has 8 heteroatoms. The summed E-state index contributed by atoms with van der Waals surface area (Å²) in [6.07, 6.45) is 1.32. The van der Waals surface area contributed by atoms with Gasteiger partial charge in [-0.2, -0.15) is 0 Å². The quantitative estimate of drug-likeness (QED) is 0.628. The monoisotopic (exact) mass is 418 g/mol. The third kappa shape index (κ3) is 9.42. The number of rotatable bonds is 7. The molecule has 1 saturated heterocycles. The summed E-state index contributed by atoms with van der Waals surface area (Å²) in [5, 5.41) is 5.23. The molecule has 1 fully saturated rings. The second-order valence-electron chi connectivity index (χ2n) is 7.21. The topological polar surface area (TPSA) is 87.5 Å². The van der Waals surface area contributed by atoms with E-state index in [1.54, 1.807) is 0 Å². The van der Waals surface area contributed by atoms with Crippen LogP contribution in [0, 0.1) is 11.8 Å². The number of benzene rings is 1.